The molecule has 0 spiro atoms. The molecule has 2 aromatic carbocycles. The van der Waals surface area contributed by atoms with Crippen LogP contribution in [0.5, 0.6) is 5.75 Å². The first-order valence-electron chi connectivity index (χ1n) is 7.16. The van der Waals surface area contributed by atoms with Crippen LogP contribution < -0.4 is 9.64 Å². The number of fused-ring (bicyclic) bond motifs is 1. The number of halogens is 1. The number of anilines is 2. The quantitative estimate of drug-likeness (QED) is 0.852. The first kappa shape index (κ1) is 16.0. The minimum absolute atomic E-state index is 0.243. The number of allylic oxidation sites excluding steroid dienone is 1. The van der Waals surface area contributed by atoms with E-state index in [-0.39, 0.29) is 10.6 Å². The van der Waals surface area contributed by atoms with Crippen molar-refractivity contribution < 1.29 is 17.5 Å². The fourth-order valence-electron chi connectivity index (χ4n) is 2.50. The van der Waals surface area contributed by atoms with Gasteiger partial charge < -0.3 is 9.64 Å². The molecule has 0 saturated heterocycles. The van der Waals surface area contributed by atoms with Gasteiger partial charge in [-0.3, -0.25) is 0 Å². The van der Waals surface area contributed by atoms with Crippen LogP contribution in [-0.2, 0) is 9.84 Å². The molecule has 0 fully saturated rings. The Kier molecular flexibility index (Phi) is 3.99. The van der Waals surface area contributed by atoms with Gasteiger partial charge in [0.15, 0.2) is 4.91 Å². The molecule has 0 radical (unpaired) electrons. The zero-order valence-electron chi connectivity index (χ0n) is 12.7. The summed E-state index contributed by atoms with van der Waals surface area (Å²) in [4.78, 5) is 0.832. The van der Waals surface area contributed by atoms with Gasteiger partial charge in [0.05, 0.1) is 22.9 Å². The molecular formula is C17H13FN2O3S. The van der Waals surface area contributed by atoms with E-state index in [1.54, 1.807) is 30.3 Å². The van der Waals surface area contributed by atoms with E-state index in [1.807, 2.05) is 6.92 Å². The maximum absolute atomic E-state index is 13.6. The Morgan fingerprint density at radius 3 is 2.67 bits per heavy atom. The van der Waals surface area contributed by atoms with E-state index < -0.39 is 20.6 Å². The molecule has 2 aromatic rings. The molecule has 0 aliphatic carbocycles. The number of para-hydroxylation sites is 2. The van der Waals surface area contributed by atoms with Crippen LogP contribution in [0, 0.1) is 17.1 Å². The predicted octanol–water partition coefficient (Wildman–Crippen LogP) is 3.51. The van der Waals surface area contributed by atoms with Crippen LogP contribution in [0.1, 0.15) is 6.92 Å². The number of hydrogen-bond acceptors (Lipinski definition) is 5. The number of nitriles is 1. The van der Waals surface area contributed by atoms with Gasteiger partial charge in [0.1, 0.15) is 17.6 Å². The number of sulfone groups is 1. The highest BCUT2D eigenvalue weighted by Crippen LogP contribution is 2.42. The second kappa shape index (κ2) is 5.98. The third-order valence-electron chi connectivity index (χ3n) is 3.54. The number of benzene rings is 2. The summed E-state index contributed by atoms with van der Waals surface area (Å²) >= 11 is 0. The molecule has 1 aliphatic heterocycles. The standard InChI is InChI=1S/C17H13FN2O3S/c1-2-23-16-6-4-3-5-14(16)20-11-13(10-19)24(21,22)17-9-12(18)7-8-15(17)20/h3-9,11H,2H2,1H3. The summed E-state index contributed by atoms with van der Waals surface area (Å²) in [5.74, 6) is -0.155. The molecule has 7 heteroatoms. The Morgan fingerprint density at radius 1 is 1.21 bits per heavy atom. The number of rotatable bonds is 3. The van der Waals surface area contributed by atoms with Crippen LogP contribution in [0.15, 0.2) is 58.5 Å². The van der Waals surface area contributed by atoms with Crippen molar-refractivity contribution in [2.75, 3.05) is 11.5 Å². The first-order chi connectivity index (χ1) is 11.5. The van der Waals surface area contributed by atoms with Crippen LogP contribution in [0.25, 0.3) is 0 Å². The van der Waals surface area contributed by atoms with Crippen LogP contribution in [0.3, 0.4) is 0 Å². The van der Waals surface area contributed by atoms with E-state index in [0.717, 1.165) is 6.07 Å². The zero-order chi connectivity index (χ0) is 17.3. The lowest BCUT2D eigenvalue weighted by molar-refractivity contribution is 0.341. The number of hydrogen-bond donors (Lipinski definition) is 0. The number of ether oxygens (including phenoxy) is 1. The third kappa shape index (κ3) is 2.51. The largest absolute Gasteiger partial charge is 0.492 e. The molecule has 5 nitrogen and oxygen atoms in total. The van der Waals surface area contributed by atoms with Gasteiger partial charge in [0.2, 0.25) is 9.84 Å². The van der Waals surface area contributed by atoms with Gasteiger partial charge in [0, 0.05) is 6.20 Å². The van der Waals surface area contributed by atoms with E-state index in [2.05, 4.69) is 0 Å². The van der Waals surface area contributed by atoms with Crippen molar-refractivity contribution in [3.8, 4) is 11.8 Å². The lowest BCUT2D eigenvalue weighted by Gasteiger charge is -2.28. The van der Waals surface area contributed by atoms with Crippen molar-refractivity contribution in [3.63, 3.8) is 0 Å². The maximum Gasteiger partial charge on any atom is 0.220 e. The second-order valence-electron chi connectivity index (χ2n) is 4.99. The van der Waals surface area contributed by atoms with Gasteiger partial charge in [-0.2, -0.15) is 5.26 Å². The second-order valence-corrected chi connectivity index (χ2v) is 6.88. The molecule has 0 amide bonds. The molecule has 0 bridgehead atoms. The smallest absolute Gasteiger partial charge is 0.220 e. The molecular weight excluding hydrogens is 331 g/mol. The van der Waals surface area contributed by atoms with Crippen molar-refractivity contribution in [3.05, 3.63) is 59.4 Å². The summed E-state index contributed by atoms with van der Waals surface area (Å²) in [6, 6.07) is 12.2. The lowest BCUT2D eigenvalue weighted by Crippen LogP contribution is -2.22. The Morgan fingerprint density at radius 2 is 1.96 bits per heavy atom. The summed E-state index contributed by atoms with van der Waals surface area (Å²) in [7, 11) is -4.04. The lowest BCUT2D eigenvalue weighted by atomic mass is 10.2. The van der Waals surface area contributed by atoms with E-state index in [0.29, 0.717) is 18.0 Å². The van der Waals surface area contributed by atoms with Crippen LogP contribution in [-0.4, -0.2) is 15.0 Å². The molecule has 0 saturated carbocycles. The van der Waals surface area contributed by atoms with E-state index >= 15 is 0 Å². The fourth-order valence-corrected chi connectivity index (χ4v) is 3.81. The molecule has 1 heterocycles. The van der Waals surface area contributed by atoms with E-state index in [4.69, 9.17) is 4.74 Å². The van der Waals surface area contributed by atoms with Crippen molar-refractivity contribution in [1.29, 1.82) is 5.26 Å². The summed E-state index contributed by atoms with van der Waals surface area (Å²) in [5, 5.41) is 9.21. The van der Waals surface area contributed by atoms with E-state index in [9.17, 15) is 18.1 Å². The first-order valence-corrected chi connectivity index (χ1v) is 8.65. The molecule has 0 atom stereocenters. The molecule has 0 aromatic heterocycles. The van der Waals surface area contributed by atoms with Gasteiger partial charge in [-0.05, 0) is 37.3 Å². The highest BCUT2D eigenvalue weighted by atomic mass is 32.2. The summed E-state index contributed by atoms with van der Waals surface area (Å²) in [6.45, 7) is 2.26. The topological polar surface area (TPSA) is 70.4 Å². The van der Waals surface area contributed by atoms with Crippen molar-refractivity contribution in [2.24, 2.45) is 0 Å². The summed E-state index contributed by atoms with van der Waals surface area (Å²) in [5.41, 5.74) is 0.831. The molecule has 24 heavy (non-hydrogen) atoms. The highest BCUT2D eigenvalue weighted by molar-refractivity contribution is 7.95. The van der Waals surface area contributed by atoms with Crippen LogP contribution in [0.2, 0.25) is 0 Å². The predicted molar refractivity (Wildman–Crippen MR) is 87.0 cm³/mol. The number of nitrogens with zero attached hydrogens (tertiary/aromatic N) is 2. The van der Waals surface area contributed by atoms with Gasteiger partial charge in [0.25, 0.3) is 0 Å². The average Bonchev–Trinajstić information content (AvgIpc) is 2.57. The maximum atomic E-state index is 13.6. The van der Waals surface area contributed by atoms with Gasteiger partial charge in [-0.25, -0.2) is 12.8 Å². The third-order valence-corrected chi connectivity index (χ3v) is 5.22. The Balaban J connectivity index is 2.29. The summed E-state index contributed by atoms with van der Waals surface area (Å²) in [6.07, 6.45) is 1.23. The Labute approximate surface area is 139 Å². The monoisotopic (exact) mass is 344 g/mol. The van der Waals surface area contributed by atoms with Crippen LogP contribution >= 0.6 is 0 Å². The van der Waals surface area contributed by atoms with Crippen molar-refractivity contribution in [2.45, 2.75) is 11.8 Å². The molecule has 0 unspecified atom stereocenters. The minimum Gasteiger partial charge on any atom is -0.492 e. The average molecular weight is 344 g/mol. The molecule has 0 N–H and O–H groups in total. The van der Waals surface area contributed by atoms with E-state index in [1.165, 1.54) is 23.2 Å². The Bertz CT molecular complexity index is 978. The van der Waals surface area contributed by atoms with Gasteiger partial charge in [-0.1, -0.05) is 12.1 Å². The highest BCUT2D eigenvalue weighted by Gasteiger charge is 2.33. The van der Waals surface area contributed by atoms with Gasteiger partial charge in [-0.15, -0.1) is 0 Å². The van der Waals surface area contributed by atoms with Crippen molar-refractivity contribution >= 4 is 21.2 Å². The SMILES string of the molecule is CCOc1ccccc1N1C=C(C#N)S(=O)(=O)c2cc(F)ccc21. The molecule has 1 aliphatic rings. The van der Waals surface area contributed by atoms with Crippen LogP contribution in [0.4, 0.5) is 15.8 Å². The summed E-state index contributed by atoms with van der Waals surface area (Å²) < 4.78 is 44.1. The fraction of sp³-hybridized carbons (Fsp3) is 0.118. The normalized spacial score (nSPS) is 15.2. The van der Waals surface area contributed by atoms with Crippen molar-refractivity contribution in [1.82, 2.24) is 0 Å². The minimum atomic E-state index is -4.04. The zero-order valence-corrected chi connectivity index (χ0v) is 13.5. The molecule has 3 rings (SSSR count). The molecule has 122 valence electrons. The Hall–Kier alpha value is -2.85. The van der Waals surface area contributed by atoms with Gasteiger partial charge >= 0.3 is 0 Å².